The number of benzene rings is 1. The number of hydrogen-bond donors (Lipinski definition) is 3. The number of fused-ring (bicyclic) bond motifs is 1. The van der Waals surface area contributed by atoms with E-state index in [0.29, 0.717) is 12.0 Å². The summed E-state index contributed by atoms with van der Waals surface area (Å²) < 4.78 is 0. The number of nitrogens with one attached hydrogen (secondary N) is 1. The number of nitrogens with zero attached hydrogens (tertiary/aromatic N) is 2. The van der Waals surface area contributed by atoms with E-state index in [9.17, 15) is 4.79 Å². The molecule has 0 saturated carbocycles. The number of nitrogens with two attached hydrogens (primary N) is 1. The van der Waals surface area contributed by atoms with Crippen molar-refractivity contribution in [2.45, 2.75) is 25.8 Å². The molecule has 1 aromatic heterocycles. The third-order valence-corrected chi connectivity index (χ3v) is 3.66. The van der Waals surface area contributed by atoms with Crippen LogP contribution in [0.1, 0.15) is 30.6 Å². The molecule has 1 amide bonds. The molecule has 0 aliphatic heterocycles. The lowest BCUT2D eigenvalue weighted by Crippen LogP contribution is -2.55. The fourth-order valence-electron chi connectivity index (χ4n) is 2.06. The monoisotopic (exact) mass is 286 g/mol. The van der Waals surface area contributed by atoms with Crippen LogP contribution in [0, 0.1) is 0 Å². The minimum Gasteiger partial charge on any atom is -0.409 e. The van der Waals surface area contributed by atoms with Crippen molar-refractivity contribution < 1.29 is 10.0 Å². The second kappa shape index (κ2) is 5.78. The number of carbonyl (C=O) groups excluding carboxylic acids is 1. The number of carbonyl (C=O) groups is 1. The van der Waals surface area contributed by atoms with Gasteiger partial charge in [-0.3, -0.25) is 9.78 Å². The Kier molecular flexibility index (Phi) is 4.07. The molecule has 0 aliphatic rings. The van der Waals surface area contributed by atoms with E-state index in [4.69, 9.17) is 10.9 Å². The average molecular weight is 286 g/mol. The summed E-state index contributed by atoms with van der Waals surface area (Å²) in [4.78, 5) is 16.7. The SMILES string of the molecule is CCC(C)(NC(=O)c1cccc2ncccc12)C(N)=NO. The van der Waals surface area contributed by atoms with Crippen LogP contribution in [-0.2, 0) is 0 Å². The third kappa shape index (κ3) is 2.79. The van der Waals surface area contributed by atoms with Crippen molar-refractivity contribution >= 4 is 22.6 Å². The van der Waals surface area contributed by atoms with Crippen LogP contribution in [0.2, 0.25) is 0 Å². The van der Waals surface area contributed by atoms with Crippen LogP contribution in [0.15, 0.2) is 41.7 Å². The van der Waals surface area contributed by atoms with Crippen molar-refractivity contribution in [3.05, 3.63) is 42.1 Å². The molecule has 6 heteroatoms. The van der Waals surface area contributed by atoms with Crippen LogP contribution in [0.3, 0.4) is 0 Å². The standard InChI is InChI=1S/C15H18N4O2/c1-3-15(2,14(16)19-21)18-13(20)11-6-4-8-12-10(11)7-5-9-17-12/h4-9,21H,3H2,1-2H3,(H2,16,19)(H,18,20). The Balaban J connectivity index is 2.39. The lowest BCUT2D eigenvalue weighted by Gasteiger charge is -2.28. The highest BCUT2D eigenvalue weighted by molar-refractivity contribution is 6.08. The normalized spacial score (nSPS) is 14.7. The molecule has 2 rings (SSSR count). The van der Waals surface area contributed by atoms with Crippen molar-refractivity contribution in [3.63, 3.8) is 0 Å². The Morgan fingerprint density at radius 3 is 2.86 bits per heavy atom. The van der Waals surface area contributed by atoms with Crippen molar-refractivity contribution in [1.82, 2.24) is 10.3 Å². The quantitative estimate of drug-likeness (QED) is 0.346. The van der Waals surface area contributed by atoms with Crippen LogP contribution in [0.5, 0.6) is 0 Å². The number of hydrogen-bond acceptors (Lipinski definition) is 4. The highest BCUT2D eigenvalue weighted by atomic mass is 16.4. The van der Waals surface area contributed by atoms with Crippen molar-refractivity contribution in [1.29, 1.82) is 0 Å². The molecule has 1 unspecified atom stereocenters. The van der Waals surface area contributed by atoms with Crippen molar-refractivity contribution in [3.8, 4) is 0 Å². The number of amidine groups is 1. The summed E-state index contributed by atoms with van der Waals surface area (Å²) >= 11 is 0. The number of pyridine rings is 1. The summed E-state index contributed by atoms with van der Waals surface area (Å²) in [6.45, 7) is 3.56. The first kappa shape index (κ1) is 14.8. The van der Waals surface area contributed by atoms with Gasteiger partial charge >= 0.3 is 0 Å². The molecule has 0 saturated heterocycles. The predicted molar refractivity (Wildman–Crippen MR) is 81.3 cm³/mol. The zero-order valence-corrected chi connectivity index (χ0v) is 12.0. The van der Waals surface area contributed by atoms with Crippen molar-refractivity contribution in [2.75, 3.05) is 0 Å². The Bertz CT molecular complexity index is 694. The molecule has 0 spiro atoms. The largest absolute Gasteiger partial charge is 0.409 e. The van der Waals surface area contributed by atoms with E-state index in [-0.39, 0.29) is 11.7 Å². The van der Waals surface area contributed by atoms with E-state index in [2.05, 4.69) is 15.5 Å². The fraction of sp³-hybridized carbons (Fsp3) is 0.267. The highest BCUT2D eigenvalue weighted by Gasteiger charge is 2.30. The van der Waals surface area contributed by atoms with Gasteiger partial charge in [0.05, 0.1) is 11.1 Å². The summed E-state index contributed by atoms with van der Waals surface area (Å²) in [6, 6.07) is 8.96. The molecule has 6 nitrogen and oxygen atoms in total. The first-order valence-electron chi connectivity index (χ1n) is 6.66. The molecule has 0 bridgehead atoms. The molecule has 1 aromatic carbocycles. The maximum atomic E-state index is 12.5. The van der Waals surface area contributed by atoms with Gasteiger partial charge in [0, 0.05) is 17.1 Å². The number of rotatable bonds is 4. The van der Waals surface area contributed by atoms with E-state index in [0.717, 1.165) is 10.9 Å². The summed E-state index contributed by atoms with van der Waals surface area (Å²) in [5, 5.41) is 15.4. The van der Waals surface area contributed by atoms with E-state index < -0.39 is 5.54 Å². The second-order valence-electron chi connectivity index (χ2n) is 5.00. The molecule has 21 heavy (non-hydrogen) atoms. The van der Waals surface area contributed by atoms with Crippen LogP contribution in [0.4, 0.5) is 0 Å². The van der Waals surface area contributed by atoms with Gasteiger partial charge in [-0.25, -0.2) is 0 Å². The zero-order valence-electron chi connectivity index (χ0n) is 12.0. The van der Waals surface area contributed by atoms with Crippen LogP contribution >= 0.6 is 0 Å². The minimum absolute atomic E-state index is 0.0308. The van der Waals surface area contributed by atoms with Gasteiger partial charge in [-0.15, -0.1) is 0 Å². The van der Waals surface area contributed by atoms with E-state index in [1.165, 1.54) is 0 Å². The van der Waals surface area contributed by atoms with Gasteiger partial charge in [0.25, 0.3) is 5.91 Å². The molecule has 1 atom stereocenters. The summed E-state index contributed by atoms with van der Waals surface area (Å²) in [6.07, 6.45) is 2.17. The van der Waals surface area contributed by atoms with Crippen molar-refractivity contribution in [2.24, 2.45) is 10.9 Å². The predicted octanol–water partition coefficient (Wildman–Crippen LogP) is 1.88. The van der Waals surface area contributed by atoms with Gasteiger partial charge in [-0.2, -0.15) is 0 Å². The van der Waals surface area contributed by atoms with Gasteiger partial charge < -0.3 is 16.3 Å². The topological polar surface area (TPSA) is 101 Å². The summed E-state index contributed by atoms with van der Waals surface area (Å²) in [5.74, 6) is -0.318. The Hall–Kier alpha value is -2.63. The zero-order chi connectivity index (χ0) is 15.5. The molecule has 4 N–H and O–H groups in total. The van der Waals surface area contributed by atoms with Gasteiger partial charge in [0.1, 0.15) is 0 Å². The van der Waals surface area contributed by atoms with E-state index >= 15 is 0 Å². The van der Waals surface area contributed by atoms with Gasteiger partial charge in [-0.05, 0) is 31.5 Å². The van der Waals surface area contributed by atoms with Gasteiger partial charge in [0.15, 0.2) is 5.84 Å². The third-order valence-electron chi connectivity index (χ3n) is 3.66. The first-order chi connectivity index (χ1) is 10.0. The summed E-state index contributed by atoms with van der Waals surface area (Å²) in [5.41, 5.74) is 6.02. The van der Waals surface area contributed by atoms with Crippen LogP contribution < -0.4 is 11.1 Å². The fourth-order valence-corrected chi connectivity index (χ4v) is 2.06. The molecule has 0 aliphatic carbocycles. The molecule has 0 radical (unpaired) electrons. The van der Waals surface area contributed by atoms with Gasteiger partial charge in [-0.1, -0.05) is 24.2 Å². The molecule has 1 heterocycles. The Morgan fingerprint density at radius 1 is 1.43 bits per heavy atom. The Morgan fingerprint density at radius 2 is 2.19 bits per heavy atom. The Labute approximate surface area is 122 Å². The van der Waals surface area contributed by atoms with Gasteiger partial charge in [0.2, 0.25) is 0 Å². The number of amides is 1. The average Bonchev–Trinajstić information content (AvgIpc) is 2.53. The molecule has 0 fully saturated rings. The number of oxime groups is 1. The molecule has 110 valence electrons. The maximum absolute atomic E-state index is 12.5. The first-order valence-corrected chi connectivity index (χ1v) is 6.66. The smallest absolute Gasteiger partial charge is 0.252 e. The number of aromatic nitrogens is 1. The maximum Gasteiger partial charge on any atom is 0.252 e. The summed E-state index contributed by atoms with van der Waals surface area (Å²) in [7, 11) is 0. The molecular formula is C15H18N4O2. The molecule has 2 aromatic rings. The molecular weight excluding hydrogens is 268 g/mol. The highest BCUT2D eigenvalue weighted by Crippen LogP contribution is 2.18. The van der Waals surface area contributed by atoms with E-state index in [1.54, 1.807) is 31.3 Å². The minimum atomic E-state index is -0.907. The van der Waals surface area contributed by atoms with E-state index in [1.807, 2.05) is 19.1 Å². The van der Waals surface area contributed by atoms with Crippen LogP contribution in [0.25, 0.3) is 10.9 Å². The lowest BCUT2D eigenvalue weighted by atomic mass is 9.96. The second-order valence-corrected chi connectivity index (χ2v) is 5.00. The van der Waals surface area contributed by atoms with Crippen LogP contribution in [-0.4, -0.2) is 27.5 Å². The lowest BCUT2D eigenvalue weighted by molar-refractivity contribution is 0.0926.